The maximum absolute atomic E-state index is 3.95. The Hall–Kier alpha value is -0.260. The highest BCUT2D eigenvalue weighted by atomic mass is 14.3. The smallest absolute Gasteiger partial charge is 0.0295 e. The van der Waals surface area contributed by atoms with Crippen molar-refractivity contribution in [2.45, 2.75) is 32.6 Å². The molecule has 0 bridgehead atoms. The largest absolute Gasteiger partial charge is 0.0999 e. The van der Waals surface area contributed by atoms with Gasteiger partial charge in [-0.1, -0.05) is 19.1 Å². The normalized spacial score (nSPS) is 18.6. The summed E-state index contributed by atoms with van der Waals surface area (Å²) in [6.07, 6.45) is 5.39. The molecule has 0 atom stereocenters. The van der Waals surface area contributed by atoms with Gasteiger partial charge < -0.3 is 0 Å². The van der Waals surface area contributed by atoms with E-state index in [4.69, 9.17) is 0 Å². The van der Waals surface area contributed by atoms with Crippen molar-refractivity contribution in [3.05, 3.63) is 12.2 Å². The van der Waals surface area contributed by atoms with Crippen molar-refractivity contribution in [1.82, 2.24) is 0 Å². The first-order valence-corrected chi connectivity index (χ1v) is 3.49. The van der Waals surface area contributed by atoms with Crippen LogP contribution in [0.1, 0.15) is 32.6 Å². The summed E-state index contributed by atoms with van der Waals surface area (Å²) in [6, 6.07) is 0. The molecule has 46 valence electrons. The molecule has 1 aliphatic carbocycles. The lowest BCUT2D eigenvalue weighted by Gasteiger charge is -1.96. The molecule has 1 fully saturated rings. The zero-order valence-corrected chi connectivity index (χ0v) is 5.61. The lowest BCUT2D eigenvalue weighted by atomic mass is 10.1. The summed E-state index contributed by atoms with van der Waals surface area (Å²) >= 11 is 0. The number of hydrogen-bond acceptors (Lipinski definition) is 0. The summed E-state index contributed by atoms with van der Waals surface area (Å²) in [4.78, 5) is 0. The van der Waals surface area contributed by atoms with Gasteiger partial charge in [0.05, 0.1) is 0 Å². The van der Waals surface area contributed by atoms with E-state index < -0.39 is 0 Å². The van der Waals surface area contributed by atoms with Gasteiger partial charge in [0.2, 0.25) is 0 Å². The van der Waals surface area contributed by atoms with Crippen molar-refractivity contribution in [3.8, 4) is 0 Å². The average Bonchev–Trinajstić information content (AvgIpc) is 2.50. The summed E-state index contributed by atoms with van der Waals surface area (Å²) in [6.45, 7) is 6.14. The third-order valence-electron chi connectivity index (χ3n) is 1.77. The Balaban J connectivity index is 2.07. The first kappa shape index (κ1) is 5.87. The van der Waals surface area contributed by atoms with Gasteiger partial charge in [-0.3, -0.25) is 0 Å². The first-order valence-electron chi connectivity index (χ1n) is 3.49. The molecule has 0 aromatic heterocycles. The maximum Gasteiger partial charge on any atom is -0.0295 e. The summed E-state index contributed by atoms with van der Waals surface area (Å²) < 4.78 is 0. The highest BCUT2D eigenvalue weighted by Crippen LogP contribution is 2.35. The molecule has 1 aliphatic rings. The second-order valence-electron chi connectivity index (χ2n) is 2.75. The predicted octanol–water partition coefficient (Wildman–Crippen LogP) is 2.75. The van der Waals surface area contributed by atoms with Crippen LogP contribution in [0.15, 0.2) is 12.2 Å². The van der Waals surface area contributed by atoms with E-state index in [1.165, 1.54) is 31.3 Å². The van der Waals surface area contributed by atoms with Gasteiger partial charge in [0.25, 0.3) is 0 Å². The van der Waals surface area contributed by atoms with Crippen LogP contribution in [0.25, 0.3) is 0 Å². The lowest BCUT2D eigenvalue weighted by molar-refractivity contribution is 0.792. The van der Waals surface area contributed by atoms with Gasteiger partial charge in [0.1, 0.15) is 0 Å². The molecule has 0 aliphatic heterocycles. The fourth-order valence-electron chi connectivity index (χ4n) is 0.875. The molecule has 0 aromatic carbocycles. The summed E-state index contributed by atoms with van der Waals surface area (Å²) in [7, 11) is 0. The van der Waals surface area contributed by atoms with E-state index in [0.29, 0.717) is 0 Å². The molecule has 0 nitrogen and oxygen atoms in total. The van der Waals surface area contributed by atoms with E-state index in [-0.39, 0.29) is 0 Å². The van der Waals surface area contributed by atoms with Gasteiger partial charge in [0, 0.05) is 0 Å². The first-order chi connectivity index (χ1) is 3.83. The third-order valence-corrected chi connectivity index (χ3v) is 1.77. The zero-order chi connectivity index (χ0) is 5.98. The van der Waals surface area contributed by atoms with Gasteiger partial charge in [-0.05, 0) is 31.6 Å². The van der Waals surface area contributed by atoms with E-state index in [9.17, 15) is 0 Å². The Morgan fingerprint density at radius 3 is 2.62 bits per heavy atom. The third kappa shape index (κ3) is 1.69. The Bertz CT molecular complexity index is 88.2. The minimum atomic E-state index is 1.03. The zero-order valence-electron chi connectivity index (χ0n) is 5.61. The van der Waals surface area contributed by atoms with Crippen molar-refractivity contribution in [1.29, 1.82) is 0 Å². The molecule has 8 heavy (non-hydrogen) atoms. The number of allylic oxidation sites excluding steroid dienone is 1. The van der Waals surface area contributed by atoms with E-state index in [0.717, 1.165) is 5.92 Å². The molecule has 0 N–H and O–H groups in total. The number of rotatable bonds is 3. The molecule has 0 spiro atoms. The van der Waals surface area contributed by atoms with E-state index in [2.05, 4.69) is 13.5 Å². The van der Waals surface area contributed by atoms with Gasteiger partial charge >= 0.3 is 0 Å². The Kier molecular flexibility index (Phi) is 1.72. The topological polar surface area (TPSA) is 0 Å². The van der Waals surface area contributed by atoms with Crippen molar-refractivity contribution in [2.24, 2.45) is 5.92 Å². The molecule has 1 rings (SSSR count). The van der Waals surface area contributed by atoms with Crippen LogP contribution >= 0.6 is 0 Å². The van der Waals surface area contributed by atoms with Gasteiger partial charge in [0.15, 0.2) is 0 Å². The average molecular weight is 110 g/mol. The molecule has 0 unspecified atom stereocenters. The molecule has 0 aromatic rings. The quantitative estimate of drug-likeness (QED) is 0.490. The summed E-state index contributed by atoms with van der Waals surface area (Å²) in [5.41, 5.74) is 1.44. The molecule has 1 saturated carbocycles. The molecule has 0 amide bonds. The Morgan fingerprint density at radius 2 is 2.25 bits per heavy atom. The van der Waals surface area contributed by atoms with E-state index in [1.54, 1.807) is 0 Å². The van der Waals surface area contributed by atoms with Gasteiger partial charge in [-0.15, -0.1) is 0 Å². The molecule has 0 heterocycles. The fraction of sp³-hybridized carbons (Fsp3) is 0.750. The van der Waals surface area contributed by atoms with Gasteiger partial charge in [-0.25, -0.2) is 0 Å². The van der Waals surface area contributed by atoms with Crippen LogP contribution in [-0.2, 0) is 0 Å². The van der Waals surface area contributed by atoms with Crippen molar-refractivity contribution in [2.75, 3.05) is 0 Å². The highest BCUT2D eigenvalue weighted by Gasteiger charge is 2.20. The van der Waals surface area contributed by atoms with Crippen LogP contribution in [0.3, 0.4) is 0 Å². The number of hydrogen-bond donors (Lipinski definition) is 0. The Morgan fingerprint density at radius 1 is 1.62 bits per heavy atom. The Labute approximate surface area is 51.6 Å². The van der Waals surface area contributed by atoms with Crippen LogP contribution in [-0.4, -0.2) is 0 Å². The fourth-order valence-corrected chi connectivity index (χ4v) is 0.875. The molecule has 0 radical (unpaired) electrons. The minimum Gasteiger partial charge on any atom is -0.0999 e. The van der Waals surface area contributed by atoms with Crippen LogP contribution in [0.4, 0.5) is 0 Å². The second-order valence-corrected chi connectivity index (χ2v) is 2.75. The standard InChI is InChI=1S/C8H14/c1-3-7(2)6-8-4-5-8/h8H,2-6H2,1H3. The van der Waals surface area contributed by atoms with Crippen molar-refractivity contribution >= 4 is 0 Å². The minimum absolute atomic E-state index is 1.03. The highest BCUT2D eigenvalue weighted by molar-refractivity contribution is 4.97. The molecular formula is C8H14. The maximum atomic E-state index is 3.95. The van der Waals surface area contributed by atoms with Crippen molar-refractivity contribution in [3.63, 3.8) is 0 Å². The van der Waals surface area contributed by atoms with Crippen LogP contribution in [0, 0.1) is 5.92 Å². The monoisotopic (exact) mass is 110 g/mol. The van der Waals surface area contributed by atoms with Crippen LogP contribution in [0.5, 0.6) is 0 Å². The molecule has 0 saturated heterocycles. The van der Waals surface area contributed by atoms with Crippen LogP contribution in [0.2, 0.25) is 0 Å². The van der Waals surface area contributed by atoms with Crippen molar-refractivity contribution < 1.29 is 0 Å². The second kappa shape index (κ2) is 2.34. The molecule has 0 heteroatoms. The van der Waals surface area contributed by atoms with E-state index in [1.807, 2.05) is 0 Å². The molecular weight excluding hydrogens is 96.1 g/mol. The summed E-state index contributed by atoms with van der Waals surface area (Å²) in [5, 5.41) is 0. The summed E-state index contributed by atoms with van der Waals surface area (Å²) in [5.74, 6) is 1.03. The van der Waals surface area contributed by atoms with E-state index >= 15 is 0 Å². The van der Waals surface area contributed by atoms with Crippen LogP contribution < -0.4 is 0 Å². The predicted molar refractivity (Wildman–Crippen MR) is 36.8 cm³/mol. The lowest BCUT2D eigenvalue weighted by Crippen LogP contribution is -1.79. The SMILES string of the molecule is C=C(CC)CC1CC1. The van der Waals surface area contributed by atoms with Gasteiger partial charge in [-0.2, -0.15) is 0 Å².